The van der Waals surface area contributed by atoms with E-state index in [2.05, 4.69) is 21.2 Å². The molecule has 3 nitrogen and oxygen atoms in total. The van der Waals surface area contributed by atoms with Gasteiger partial charge in [-0.2, -0.15) is 0 Å². The van der Waals surface area contributed by atoms with Crippen LogP contribution in [0.2, 0.25) is 0 Å². The highest BCUT2D eigenvalue weighted by Crippen LogP contribution is 2.12. The van der Waals surface area contributed by atoms with Crippen LogP contribution in [-0.2, 0) is 16.0 Å². The Balaban J connectivity index is 1.81. The standard InChI is InChI=1S/C11H12BrNO2/c12-9-3-1-2-8(4-9)5-11(14)13-6-10-7-15-10/h1-4,10H,5-7H2,(H,13,14)/t10-/m1/s1. The molecule has 0 radical (unpaired) electrons. The summed E-state index contributed by atoms with van der Waals surface area (Å²) in [6.07, 6.45) is 0.669. The van der Waals surface area contributed by atoms with Crippen LogP contribution < -0.4 is 5.32 Å². The fourth-order valence-corrected chi connectivity index (χ4v) is 1.76. The Bertz CT molecular complexity index is 363. The van der Waals surface area contributed by atoms with E-state index in [4.69, 9.17) is 4.74 Å². The van der Waals surface area contributed by atoms with Gasteiger partial charge in [0.15, 0.2) is 0 Å². The maximum absolute atomic E-state index is 11.5. The predicted octanol–water partition coefficient (Wildman–Crippen LogP) is 1.51. The molecule has 1 atom stereocenters. The van der Waals surface area contributed by atoms with Crippen molar-refractivity contribution in [2.45, 2.75) is 12.5 Å². The van der Waals surface area contributed by atoms with Crippen LogP contribution in [-0.4, -0.2) is 25.2 Å². The lowest BCUT2D eigenvalue weighted by Crippen LogP contribution is -2.28. The number of ether oxygens (including phenoxy) is 1. The van der Waals surface area contributed by atoms with Crippen molar-refractivity contribution in [2.75, 3.05) is 13.2 Å². The van der Waals surface area contributed by atoms with Crippen molar-refractivity contribution in [3.05, 3.63) is 34.3 Å². The molecule has 80 valence electrons. The average Bonchev–Trinajstić information content (AvgIpc) is 2.98. The predicted molar refractivity (Wildman–Crippen MR) is 60.6 cm³/mol. The molecule has 1 aliphatic rings. The summed E-state index contributed by atoms with van der Waals surface area (Å²) in [7, 11) is 0. The highest BCUT2D eigenvalue weighted by molar-refractivity contribution is 9.10. The van der Waals surface area contributed by atoms with Gasteiger partial charge in [0.1, 0.15) is 0 Å². The number of rotatable bonds is 4. The van der Waals surface area contributed by atoms with Crippen LogP contribution in [0.15, 0.2) is 28.7 Å². The fraction of sp³-hybridized carbons (Fsp3) is 0.364. The lowest BCUT2D eigenvalue weighted by Gasteiger charge is -2.03. The molecule has 0 unspecified atom stereocenters. The molecule has 0 aromatic heterocycles. The van der Waals surface area contributed by atoms with Gasteiger partial charge in [0.2, 0.25) is 5.91 Å². The summed E-state index contributed by atoms with van der Waals surface area (Å²) in [4.78, 5) is 11.5. The third-order valence-electron chi connectivity index (χ3n) is 2.18. The first-order valence-corrected chi connectivity index (χ1v) is 5.66. The van der Waals surface area contributed by atoms with E-state index in [-0.39, 0.29) is 12.0 Å². The molecule has 1 heterocycles. The normalized spacial score (nSPS) is 18.6. The number of hydrogen-bond acceptors (Lipinski definition) is 2. The molecule has 1 fully saturated rings. The van der Waals surface area contributed by atoms with Crippen LogP contribution >= 0.6 is 15.9 Å². The summed E-state index contributed by atoms with van der Waals surface area (Å²) >= 11 is 3.37. The molecular formula is C11H12BrNO2. The molecule has 1 saturated heterocycles. The second-order valence-electron chi connectivity index (χ2n) is 3.57. The lowest BCUT2D eigenvalue weighted by atomic mass is 10.1. The van der Waals surface area contributed by atoms with Crippen molar-refractivity contribution in [1.29, 1.82) is 0 Å². The molecule has 0 bridgehead atoms. The first-order valence-electron chi connectivity index (χ1n) is 4.87. The molecule has 1 N–H and O–H groups in total. The van der Waals surface area contributed by atoms with Crippen molar-refractivity contribution in [3.8, 4) is 0 Å². The van der Waals surface area contributed by atoms with E-state index in [0.717, 1.165) is 16.6 Å². The van der Waals surface area contributed by atoms with E-state index in [0.29, 0.717) is 13.0 Å². The summed E-state index contributed by atoms with van der Waals surface area (Å²) in [5.41, 5.74) is 1.01. The first-order chi connectivity index (χ1) is 7.24. The SMILES string of the molecule is O=C(Cc1cccc(Br)c1)NC[C@@H]1CO1. The molecule has 0 aliphatic carbocycles. The largest absolute Gasteiger partial charge is 0.371 e. The van der Waals surface area contributed by atoms with E-state index >= 15 is 0 Å². The molecule has 1 aromatic carbocycles. The van der Waals surface area contributed by atoms with Gasteiger partial charge in [0.25, 0.3) is 0 Å². The van der Waals surface area contributed by atoms with Gasteiger partial charge >= 0.3 is 0 Å². The first kappa shape index (κ1) is 10.6. The van der Waals surface area contributed by atoms with Gasteiger partial charge in [0, 0.05) is 11.0 Å². The van der Waals surface area contributed by atoms with Crippen LogP contribution in [0.1, 0.15) is 5.56 Å². The summed E-state index contributed by atoms with van der Waals surface area (Å²) in [5.74, 6) is 0.0450. The molecule has 1 aliphatic heterocycles. The molecule has 0 spiro atoms. The van der Waals surface area contributed by atoms with E-state index in [1.54, 1.807) is 0 Å². The Morgan fingerprint density at radius 3 is 3.07 bits per heavy atom. The van der Waals surface area contributed by atoms with Crippen LogP contribution in [0.4, 0.5) is 0 Å². The maximum atomic E-state index is 11.5. The number of amides is 1. The molecule has 0 saturated carbocycles. The van der Waals surface area contributed by atoms with Crippen LogP contribution in [0.5, 0.6) is 0 Å². The smallest absolute Gasteiger partial charge is 0.224 e. The number of nitrogens with one attached hydrogen (secondary N) is 1. The average molecular weight is 270 g/mol. The van der Waals surface area contributed by atoms with Crippen molar-refractivity contribution in [3.63, 3.8) is 0 Å². The minimum absolute atomic E-state index is 0.0450. The van der Waals surface area contributed by atoms with Gasteiger partial charge in [0.05, 0.1) is 19.1 Å². The fourth-order valence-electron chi connectivity index (χ4n) is 1.31. The quantitative estimate of drug-likeness (QED) is 0.842. The summed E-state index contributed by atoms with van der Waals surface area (Å²) in [6, 6.07) is 7.77. The lowest BCUT2D eigenvalue weighted by molar-refractivity contribution is -0.120. The molecule has 4 heteroatoms. The van der Waals surface area contributed by atoms with E-state index in [9.17, 15) is 4.79 Å². The number of carbonyl (C=O) groups is 1. The maximum Gasteiger partial charge on any atom is 0.224 e. The van der Waals surface area contributed by atoms with E-state index < -0.39 is 0 Å². The Morgan fingerprint density at radius 2 is 2.40 bits per heavy atom. The zero-order valence-electron chi connectivity index (χ0n) is 8.20. The third kappa shape index (κ3) is 3.64. The number of hydrogen-bond donors (Lipinski definition) is 1. The van der Waals surface area contributed by atoms with Crippen molar-refractivity contribution in [2.24, 2.45) is 0 Å². The Labute approximate surface area is 96.9 Å². The zero-order valence-corrected chi connectivity index (χ0v) is 9.79. The topological polar surface area (TPSA) is 41.6 Å². The zero-order chi connectivity index (χ0) is 10.7. The second kappa shape index (κ2) is 4.77. The molecule has 1 amide bonds. The van der Waals surface area contributed by atoms with Crippen molar-refractivity contribution in [1.82, 2.24) is 5.32 Å². The Morgan fingerprint density at radius 1 is 1.60 bits per heavy atom. The Kier molecular flexibility index (Phi) is 3.38. The van der Waals surface area contributed by atoms with Crippen molar-refractivity contribution < 1.29 is 9.53 Å². The second-order valence-corrected chi connectivity index (χ2v) is 4.48. The number of carbonyl (C=O) groups excluding carboxylic acids is 1. The Hall–Kier alpha value is -0.870. The molecule has 2 rings (SSSR count). The van der Waals surface area contributed by atoms with E-state index in [1.807, 2.05) is 24.3 Å². The number of halogens is 1. The minimum atomic E-state index is 0.0450. The minimum Gasteiger partial charge on any atom is -0.371 e. The van der Waals surface area contributed by atoms with Gasteiger partial charge in [-0.3, -0.25) is 4.79 Å². The summed E-state index contributed by atoms with van der Waals surface area (Å²) < 4.78 is 6.00. The van der Waals surface area contributed by atoms with Gasteiger partial charge in [-0.05, 0) is 17.7 Å². The van der Waals surface area contributed by atoms with Gasteiger partial charge < -0.3 is 10.1 Å². The molecule has 1 aromatic rings. The van der Waals surface area contributed by atoms with Gasteiger partial charge in [-0.1, -0.05) is 28.1 Å². The molecular weight excluding hydrogens is 258 g/mol. The monoisotopic (exact) mass is 269 g/mol. The highest BCUT2D eigenvalue weighted by atomic mass is 79.9. The highest BCUT2D eigenvalue weighted by Gasteiger charge is 2.22. The summed E-state index contributed by atoms with van der Waals surface area (Å²) in [5, 5.41) is 2.83. The third-order valence-corrected chi connectivity index (χ3v) is 2.68. The van der Waals surface area contributed by atoms with Gasteiger partial charge in [-0.25, -0.2) is 0 Å². The van der Waals surface area contributed by atoms with Crippen molar-refractivity contribution >= 4 is 21.8 Å². The number of epoxide rings is 1. The van der Waals surface area contributed by atoms with Crippen LogP contribution in [0, 0.1) is 0 Å². The summed E-state index contributed by atoms with van der Waals surface area (Å²) in [6.45, 7) is 1.41. The van der Waals surface area contributed by atoms with Crippen LogP contribution in [0.25, 0.3) is 0 Å². The molecule has 15 heavy (non-hydrogen) atoms. The van der Waals surface area contributed by atoms with Gasteiger partial charge in [-0.15, -0.1) is 0 Å². The number of benzene rings is 1. The van der Waals surface area contributed by atoms with E-state index in [1.165, 1.54) is 0 Å². The van der Waals surface area contributed by atoms with Crippen LogP contribution in [0.3, 0.4) is 0 Å².